The molecule has 0 unspecified atom stereocenters. The molecule has 2 aromatic carbocycles. The van der Waals surface area contributed by atoms with E-state index in [4.69, 9.17) is 20.9 Å². The van der Waals surface area contributed by atoms with Crippen LogP contribution in [0.4, 0.5) is 0 Å². The molecule has 0 fully saturated rings. The van der Waals surface area contributed by atoms with Crippen LogP contribution in [0.1, 0.15) is 16.2 Å². The zero-order valence-corrected chi connectivity index (χ0v) is 15.5. The number of nitrogens with zero attached hydrogens (tertiary/aromatic N) is 2. The first-order valence-electron chi connectivity index (χ1n) is 7.27. The summed E-state index contributed by atoms with van der Waals surface area (Å²) in [5, 5.41) is 7.22. The largest absolute Gasteiger partial charge is 0.497 e. The third kappa shape index (κ3) is 4.18. The summed E-state index contributed by atoms with van der Waals surface area (Å²) in [6.45, 7) is 0.107. The predicted molar refractivity (Wildman–Crippen MR) is 96.6 cm³/mol. The van der Waals surface area contributed by atoms with Crippen LogP contribution in [0, 0.1) is 0 Å². The Labute approximate surface area is 157 Å². The lowest BCUT2D eigenvalue weighted by molar-refractivity contribution is 0.0945. The number of carbonyl (C=O) groups is 1. The quantitative estimate of drug-likeness (QED) is 0.670. The first-order valence-corrected chi connectivity index (χ1v) is 8.44. The van der Waals surface area contributed by atoms with E-state index >= 15 is 0 Å². The standard InChI is InChI=1S/C17H13BrClN3O3/c1-24-12-5-6-14(18)13(8-12)17(23)20-9-15-21-16(22-25-15)10-3-2-4-11(19)7-10/h2-8H,9H2,1H3,(H,20,23). The van der Waals surface area contributed by atoms with Gasteiger partial charge in [-0.1, -0.05) is 28.9 Å². The zero-order chi connectivity index (χ0) is 17.8. The first-order chi connectivity index (χ1) is 12.1. The molecule has 0 aliphatic rings. The van der Waals surface area contributed by atoms with Crippen LogP contribution < -0.4 is 10.1 Å². The molecule has 3 aromatic rings. The highest BCUT2D eigenvalue weighted by atomic mass is 79.9. The minimum Gasteiger partial charge on any atom is -0.497 e. The summed E-state index contributed by atoms with van der Waals surface area (Å²) in [6, 6.07) is 12.3. The van der Waals surface area contributed by atoms with Crippen molar-refractivity contribution >= 4 is 33.4 Å². The van der Waals surface area contributed by atoms with Crippen molar-refractivity contribution in [2.45, 2.75) is 6.54 Å². The van der Waals surface area contributed by atoms with Gasteiger partial charge in [0, 0.05) is 15.1 Å². The monoisotopic (exact) mass is 421 g/mol. The number of ether oxygens (including phenoxy) is 1. The second kappa shape index (κ2) is 7.67. The van der Waals surface area contributed by atoms with Gasteiger partial charge in [-0.15, -0.1) is 0 Å². The molecular weight excluding hydrogens is 410 g/mol. The van der Waals surface area contributed by atoms with Crippen molar-refractivity contribution in [3.8, 4) is 17.1 Å². The van der Waals surface area contributed by atoms with Crippen molar-refractivity contribution < 1.29 is 14.1 Å². The molecule has 0 radical (unpaired) electrons. The fraction of sp³-hybridized carbons (Fsp3) is 0.118. The van der Waals surface area contributed by atoms with Crippen molar-refractivity contribution in [2.75, 3.05) is 7.11 Å². The maximum absolute atomic E-state index is 12.3. The Hall–Kier alpha value is -2.38. The zero-order valence-electron chi connectivity index (χ0n) is 13.1. The SMILES string of the molecule is COc1ccc(Br)c(C(=O)NCc2nc(-c3cccc(Cl)c3)no2)c1. The molecule has 3 rings (SSSR count). The van der Waals surface area contributed by atoms with E-state index in [1.807, 2.05) is 6.07 Å². The molecule has 8 heteroatoms. The van der Waals surface area contributed by atoms with E-state index in [0.29, 0.717) is 32.5 Å². The number of amides is 1. The summed E-state index contributed by atoms with van der Waals surface area (Å²) in [5.74, 6) is 1.01. The van der Waals surface area contributed by atoms with Crippen LogP contribution in [0.3, 0.4) is 0 Å². The molecule has 0 saturated heterocycles. The van der Waals surface area contributed by atoms with Crippen molar-refractivity contribution in [1.82, 2.24) is 15.5 Å². The van der Waals surface area contributed by atoms with Gasteiger partial charge in [0.05, 0.1) is 19.2 Å². The molecule has 25 heavy (non-hydrogen) atoms. The summed E-state index contributed by atoms with van der Waals surface area (Å²) < 4.78 is 11.0. The number of rotatable bonds is 5. The molecule has 1 N–H and O–H groups in total. The van der Waals surface area contributed by atoms with Crippen LogP contribution >= 0.6 is 27.5 Å². The van der Waals surface area contributed by atoms with Crippen LogP contribution in [-0.2, 0) is 6.54 Å². The number of nitrogens with one attached hydrogen (secondary N) is 1. The Balaban J connectivity index is 1.69. The first kappa shape index (κ1) is 17.4. The van der Waals surface area contributed by atoms with Gasteiger partial charge in [-0.2, -0.15) is 4.98 Å². The van der Waals surface area contributed by atoms with E-state index in [0.717, 1.165) is 5.56 Å². The number of hydrogen-bond donors (Lipinski definition) is 1. The van der Waals surface area contributed by atoms with Gasteiger partial charge >= 0.3 is 0 Å². The lowest BCUT2D eigenvalue weighted by Crippen LogP contribution is -2.23. The molecule has 0 saturated carbocycles. The average molecular weight is 423 g/mol. The Morgan fingerprint density at radius 2 is 2.16 bits per heavy atom. The topological polar surface area (TPSA) is 77.2 Å². The van der Waals surface area contributed by atoms with Crippen LogP contribution in [0.5, 0.6) is 5.75 Å². The lowest BCUT2D eigenvalue weighted by atomic mass is 10.2. The van der Waals surface area contributed by atoms with Crippen LogP contribution in [0.25, 0.3) is 11.4 Å². The Kier molecular flexibility index (Phi) is 5.35. The lowest BCUT2D eigenvalue weighted by Gasteiger charge is -2.07. The molecule has 0 bridgehead atoms. The Morgan fingerprint density at radius 1 is 1.32 bits per heavy atom. The van der Waals surface area contributed by atoms with Gasteiger partial charge < -0.3 is 14.6 Å². The number of halogens is 2. The van der Waals surface area contributed by atoms with Gasteiger partial charge in [0.1, 0.15) is 5.75 Å². The summed E-state index contributed by atoms with van der Waals surface area (Å²) in [4.78, 5) is 16.6. The van der Waals surface area contributed by atoms with E-state index in [1.54, 1.807) is 43.5 Å². The van der Waals surface area contributed by atoms with Crippen LogP contribution in [0.15, 0.2) is 51.5 Å². The normalized spacial score (nSPS) is 10.5. The minimum atomic E-state index is -0.284. The molecule has 128 valence electrons. The highest BCUT2D eigenvalue weighted by Crippen LogP contribution is 2.23. The Bertz CT molecular complexity index is 914. The average Bonchev–Trinajstić information content (AvgIpc) is 3.09. The van der Waals surface area contributed by atoms with E-state index < -0.39 is 0 Å². The maximum Gasteiger partial charge on any atom is 0.252 e. The van der Waals surface area contributed by atoms with Gasteiger partial charge in [-0.3, -0.25) is 4.79 Å². The molecule has 1 heterocycles. The third-order valence-electron chi connectivity index (χ3n) is 3.37. The van der Waals surface area contributed by atoms with Crippen molar-refractivity contribution in [3.05, 3.63) is 63.4 Å². The van der Waals surface area contributed by atoms with Crippen LogP contribution in [-0.4, -0.2) is 23.2 Å². The smallest absolute Gasteiger partial charge is 0.252 e. The number of aromatic nitrogens is 2. The fourth-order valence-electron chi connectivity index (χ4n) is 2.13. The van der Waals surface area contributed by atoms with E-state index in [2.05, 4.69) is 31.4 Å². The predicted octanol–water partition coefficient (Wildman–Crippen LogP) is 4.09. The Morgan fingerprint density at radius 3 is 2.92 bits per heavy atom. The number of benzene rings is 2. The summed E-state index contributed by atoms with van der Waals surface area (Å²) in [5.41, 5.74) is 1.19. The molecule has 0 atom stereocenters. The van der Waals surface area contributed by atoms with Gasteiger partial charge in [-0.05, 0) is 46.3 Å². The summed E-state index contributed by atoms with van der Waals surface area (Å²) >= 11 is 9.30. The maximum atomic E-state index is 12.3. The molecule has 6 nitrogen and oxygen atoms in total. The van der Waals surface area contributed by atoms with Crippen molar-refractivity contribution in [2.24, 2.45) is 0 Å². The van der Waals surface area contributed by atoms with Gasteiger partial charge in [0.2, 0.25) is 11.7 Å². The highest BCUT2D eigenvalue weighted by Gasteiger charge is 2.14. The third-order valence-corrected chi connectivity index (χ3v) is 4.30. The highest BCUT2D eigenvalue weighted by molar-refractivity contribution is 9.10. The second-order valence-corrected chi connectivity index (χ2v) is 6.34. The van der Waals surface area contributed by atoms with Gasteiger partial charge in [-0.25, -0.2) is 0 Å². The van der Waals surface area contributed by atoms with Crippen molar-refractivity contribution in [1.29, 1.82) is 0 Å². The molecule has 0 spiro atoms. The van der Waals surface area contributed by atoms with E-state index in [1.165, 1.54) is 0 Å². The van der Waals surface area contributed by atoms with Gasteiger partial charge in [0.15, 0.2) is 0 Å². The molecular formula is C17H13BrClN3O3. The molecule has 0 aliphatic carbocycles. The number of methoxy groups -OCH3 is 1. The summed E-state index contributed by atoms with van der Waals surface area (Å²) in [7, 11) is 1.54. The van der Waals surface area contributed by atoms with E-state index in [-0.39, 0.29) is 12.5 Å². The van der Waals surface area contributed by atoms with Crippen LogP contribution in [0.2, 0.25) is 5.02 Å². The van der Waals surface area contributed by atoms with Crippen molar-refractivity contribution in [3.63, 3.8) is 0 Å². The number of carbonyl (C=O) groups excluding carboxylic acids is 1. The second-order valence-electron chi connectivity index (χ2n) is 5.05. The fourth-order valence-corrected chi connectivity index (χ4v) is 2.74. The van der Waals surface area contributed by atoms with Gasteiger partial charge in [0.25, 0.3) is 5.91 Å². The number of hydrogen-bond acceptors (Lipinski definition) is 5. The minimum absolute atomic E-state index is 0.107. The summed E-state index contributed by atoms with van der Waals surface area (Å²) in [6.07, 6.45) is 0. The molecule has 1 aromatic heterocycles. The molecule has 1 amide bonds. The van der Waals surface area contributed by atoms with E-state index in [9.17, 15) is 4.79 Å². The molecule has 0 aliphatic heterocycles.